The van der Waals surface area contributed by atoms with E-state index in [0.717, 1.165) is 0 Å². The zero-order chi connectivity index (χ0) is 18.7. The van der Waals surface area contributed by atoms with Crippen molar-refractivity contribution in [1.82, 2.24) is 5.32 Å². The molecule has 0 aliphatic carbocycles. The van der Waals surface area contributed by atoms with Gasteiger partial charge >= 0.3 is 5.97 Å². The summed E-state index contributed by atoms with van der Waals surface area (Å²) in [6, 6.07) is 7.08. The van der Waals surface area contributed by atoms with Gasteiger partial charge in [0.15, 0.2) is 5.11 Å². The van der Waals surface area contributed by atoms with Crippen molar-refractivity contribution >= 4 is 58.1 Å². The predicted octanol–water partition coefficient (Wildman–Crippen LogP) is 3.83. The molecule has 25 heavy (non-hydrogen) atoms. The summed E-state index contributed by atoms with van der Waals surface area (Å²) in [5.74, 6) is -2.12. The lowest BCUT2D eigenvalue weighted by Crippen LogP contribution is -2.34. The molecule has 0 aliphatic heterocycles. The number of aryl methyl sites for hydroxylation is 1. The summed E-state index contributed by atoms with van der Waals surface area (Å²) in [5.41, 5.74) is 0.640. The minimum absolute atomic E-state index is 0.0440. The molecule has 0 saturated heterocycles. The van der Waals surface area contributed by atoms with Crippen molar-refractivity contribution in [1.29, 1.82) is 0 Å². The minimum Gasteiger partial charge on any atom is -0.507 e. The van der Waals surface area contributed by atoms with Crippen molar-refractivity contribution in [2.24, 2.45) is 0 Å². The Morgan fingerprint density at radius 2 is 1.80 bits per heavy atom. The van der Waals surface area contributed by atoms with E-state index in [2.05, 4.69) is 10.6 Å². The number of thiocarbonyl (C=S) groups is 1. The zero-order valence-electron chi connectivity index (χ0n) is 12.8. The summed E-state index contributed by atoms with van der Waals surface area (Å²) in [5, 5.41) is 24.5. The molecular weight excluding hydrogens is 387 g/mol. The fraction of sp³-hybridized carbons (Fsp3) is 0.0625. The number of carbonyl (C=O) groups excluding carboxylic acids is 1. The van der Waals surface area contributed by atoms with Crippen LogP contribution in [-0.2, 0) is 0 Å². The Kier molecular flexibility index (Phi) is 5.84. The average molecular weight is 399 g/mol. The highest BCUT2D eigenvalue weighted by Gasteiger charge is 2.15. The number of amides is 1. The van der Waals surface area contributed by atoms with Crippen molar-refractivity contribution in [3.05, 3.63) is 57.1 Å². The molecule has 2 aromatic rings. The molecule has 0 atom stereocenters. The van der Waals surface area contributed by atoms with Crippen LogP contribution in [0.15, 0.2) is 30.3 Å². The molecule has 1 amide bonds. The van der Waals surface area contributed by atoms with Crippen LogP contribution < -0.4 is 10.6 Å². The fourth-order valence-electron chi connectivity index (χ4n) is 1.99. The molecule has 0 unspecified atom stereocenters. The highest BCUT2D eigenvalue weighted by molar-refractivity contribution is 7.80. The molecule has 0 heterocycles. The highest BCUT2D eigenvalue weighted by atomic mass is 35.5. The van der Waals surface area contributed by atoms with Crippen LogP contribution >= 0.6 is 35.4 Å². The average Bonchev–Trinajstić information content (AvgIpc) is 2.52. The number of carboxylic acid groups (broad SMARTS) is 1. The predicted molar refractivity (Wildman–Crippen MR) is 100.0 cm³/mol. The molecule has 9 heteroatoms. The first-order valence-electron chi connectivity index (χ1n) is 6.83. The standard InChI is InChI=1S/C16H12Cl2N2O4S/c1-7-4-9(6-10(13(7)21)15(23)24)19-16(25)20-14(22)8-2-3-11(17)12(18)5-8/h2-6,21H,1H3,(H,23,24)(H2,19,20,22,25). The summed E-state index contributed by atoms with van der Waals surface area (Å²) in [4.78, 5) is 23.3. The van der Waals surface area contributed by atoms with Crippen molar-refractivity contribution in [2.45, 2.75) is 6.92 Å². The van der Waals surface area contributed by atoms with Crippen molar-refractivity contribution in [2.75, 3.05) is 5.32 Å². The van der Waals surface area contributed by atoms with Gasteiger partial charge in [0.1, 0.15) is 11.3 Å². The van der Waals surface area contributed by atoms with Crippen molar-refractivity contribution in [3.63, 3.8) is 0 Å². The molecule has 0 spiro atoms. The molecule has 0 aromatic heterocycles. The van der Waals surface area contributed by atoms with Gasteiger partial charge in [0, 0.05) is 11.3 Å². The van der Waals surface area contributed by atoms with Crippen LogP contribution in [0.3, 0.4) is 0 Å². The Morgan fingerprint density at radius 3 is 2.40 bits per heavy atom. The molecule has 0 radical (unpaired) electrons. The maximum atomic E-state index is 12.1. The van der Waals surface area contributed by atoms with E-state index >= 15 is 0 Å². The number of benzene rings is 2. The number of rotatable bonds is 3. The third-order valence-electron chi connectivity index (χ3n) is 3.20. The lowest BCUT2D eigenvalue weighted by molar-refractivity contribution is 0.0693. The maximum absolute atomic E-state index is 12.1. The molecule has 0 aliphatic rings. The second kappa shape index (κ2) is 7.69. The number of halogens is 2. The molecule has 4 N–H and O–H groups in total. The number of carboxylic acids is 1. The van der Waals surface area contributed by atoms with Gasteiger partial charge in [-0.2, -0.15) is 0 Å². The number of nitrogens with one attached hydrogen (secondary N) is 2. The first kappa shape index (κ1) is 19.0. The molecule has 2 aromatic carbocycles. The quantitative estimate of drug-likeness (QED) is 0.463. The number of aromatic carboxylic acids is 1. The minimum atomic E-state index is -1.28. The maximum Gasteiger partial charge on any atom is 0.339 e. The van der Waals surface area contributed by atoms with Gasteiger partial charge in [-0.1, -0.05) is 23.2 Å². The van der Waals surface area contributed by atoms with Gasteiger partial charge in [-0.3, -0.25) is 10.1 Å². The molecule has 130 valence electrons. The number of anilines is 1. The monoisotopic (exact) mass is 398 g/mol. The Hall–Kier alpha value is -2.35. The zero-order valence-corrected chi connectivity index (χ0v) is 15.1. The Balaban J connectivity index is 2.13. The first-order chi connectivity index (χ1) is 11.7. The van der Waals surface area contributed by atoms with Crippen molar-refractivity contribution < 1.29 is 19.8 Å². The number of hydrogen-bond donors (Lipinski definition) is 4. The molecule has 0 bridgehead atoms. The van der Waals surface area contributed by atoms with Crippen LogP contribution in [0.5, 0.6) is 5.75 Å². The van der Waals surface area contributed by atoms with E-state index in [1.54, 1.807) is 6.92 Å². The normalized spacial score (nSPS) is 10.2. The van der Waals surface area contributed by atoms with E-state index in [-0.39, 0.29) is 27.0 Å². The number of aromatic hydroxyl groups is 1. The van der Waals surface area contributed by atoms with Gasteiger partial charge in [0.2, 0.25) is 0 Å². The van der Waals surface area contributed by atoms with Gasteiger partial charge in [-0.15, -0.1) is 0 Å². The van der Waals surface area contributed by atoms with Crippen LogP contribution in [0.25, 0.3) is 0 Å². The lowest BCUT2D eigenvalue weighted by atomic mass is 10.1. The molecular formula is C16H12Cl2N2O4S. The summed E-state index contributed by atoms with van der Waals surface area (Å²) < 4.78 is 0. The van der Waals surface area contributed by atoms with Gasteiger partial charge in [0.25, 0.3) is 5.91 Å². The van der Waals surface area contributed by atoms with Gasteiger partial charge < -0.3 is 15.5 Å². The summed E-state index contributed by atoms with van der Waals surface area (Å²) in [7, 11) is 0. The smallest absolute Gasteiger partial charge is 0.339 e. The number of carbonyl (C=O) groups is 2. The van der Waals surface area contributed by atoms with Crippen LogP contribution in [0.2, 0.25) is 10.0 Å². The summed E-state index contributed by atoms with van der Waals surface area (Å²) in [6.45, 7) is 1.55. The van der Waals surface area contributed by atoms with E-state index < -0.39 is 11.9 Å². The van der Waals surface area contributed by atoms with Gasteiger partial charge in [-0.25, -0.2) is 4.79 Å². The largest absolute Gasteiger partial charge is 0.507 e. The third-order valence-corrected chi connectivity index (χ3v) is 4.14. The van der Waals surface area contributed by atoms with E-state index in [1.165, 1.54) is 30.3 Å². The Morgan fingerprint density at radius 1 is 1.12 bits per heavy atom. The topological polar surface area (TPSA) is 98.7 Å². The molecule has 0 saturated carbocycles. The Labute approximate surface area is 158 Å². The third kappa shape index (κ3) is 4.60. The van der Waals surface area contributed by atoms with Gasteiger partial charge in [0.05, 0.1) is 10.0 Å². The second-order valence-corrected chi connectivity index (χ2v) is 6.25. The number of phenols is 1. The number of hydrogen-bond acceptors (Lipinski definition) is 4. The van der Waals surface area contributed by atoms with E-state index in [4.69, 9.17) is 40.5 Å². The molecule has 2 rings (SSSR count). The second-order valence-electron chi connectivity index (χ2n) is 5.03. The highest BCUT2D eigenvalue weighted by Crippen LogP contribution is 2.26. The lowest BCUT2D eigenvalue weighted by Gasteiger charge is -2.12. The summed E-state index contributed by atoms with van der Waals surface area (Å²) >= 11 is 16.7. The Bertz CT molecular complexity index is 887. The van der Waals surface area contributed by atoms with E-state index in [0.29, 0.717) is 16.3 Å². The van der Waals surface area contributed by atoms with Gasteiger partial charge in [-0.05, 0) is 55.0 Å². The van der Waals surface area contributed by atoms with Crippen LogP contribution in [0.1, 0.15) is 26.3 Å². The van der Waals surface area contributed by atoms with Crippen LogP contribution in [0, 0.1) is 6.92 Å². The molecule has 6 nitrogen and oxygen atoms in total. The summed E-state index contributed by atoms with van der Waals surface area (Å²) in [6.07, 6.45) is 0. The SMILES string of the molecule is Cc1cc(NC(=S)NC(=O)c2ccc(Cl)c(Cl)c2)cc(C(=O)O)c1O. The molecule has 0 fully saturated rings. The van der Waals surface area contributed by atoms with Crippen LogP contribution in [-0.4, -0.2) is 27.2 Å². The van der Waals surface area contributed by atoms with Crippen LogP contribution in [0.4, 0.5) is 5.69 Å². The van der Waals surface area contributed by atoms with Crippen molar-refractivity contribution in [3.8, 4) is 5.75 Å². The van der Waals surface area contributed by atoms with E-state index in [1.807, 2.05) is 0 Å². The fourth-order valence-corrected chi connectivity index (χ4v) is 2.50. The first-order valence-corrected chi connectivity index (χ1v) is 7.99. The van der Waals surface area contributed by atoms with E-state index in [9.17, 15) is 14.7 Å².